The van der Waals surface area contributed by atoms with Crippen LogP contribution in [0.2, 0.25) is 0 Å². The van der Waals surface area contributed by atoms with Crippen LogP contribution < -0.4 is 0 Å². The molecule has 0 saturated heterocycles. The van der Waals surface area contributed by atoms with Crippen molar-refractivity contribution in [3.05, 3.63) is 115 Å². The lowest BCUT2D eigenvalue weighted by molar-refractivity contribution is 1.39. The highest BCUT2D eigenvalue weighted by atomic mass is 14.7. The molecule has 0 atom stereocenters. The first-order chi connectivity index (χ1) is 14.3. The highest BCUT2D eigenvalue weighted by Crippen LogP contribution is 2.33. The van der Waals surface area contributed by atoms with E-state index >= 15 is 0 Å². The summed E-state index contributed by atoms with van der Waals surface area (Å²) < 4.78 is 0. The Labute approximate surface area is 171 Å². The van der Waals surface area contributed by atoms with Gasteiger partial charge in [0.15, 0.2) is 0 Å². The molecule has 0 N–H and O–H groups in total. The number of fused-ring (bicyclic) bond motifs is 1. The third-order valence-electron chi connectivity index (χ3n) is 5.34. The second kappa shape index (κ2) is 7.37. The SMILES string of the molecule is Cc1ccc(-c2cc(-c3cccc(-c4ccccc4)c3)nc3ccccc23)cc1. The molecular formula is C28H21N. The monoisotopic (exact) mass is 371 g/mol. The predicted octanol–water partition coefficient (Wildman–Crippen LogP) is 7.54. The largest absolute Gasteiger partial charge is 0.248 e. The molecule has 138 valence electrons. The van der Waals surface area contributed by atoms with E-state index in [-0.39, 0.29) is 0 Å². The van der Waals surface area contributed by atoms with Crippen molar-refractivity contribution in [1.29, 1.82) is 0 Å². The molecular weight excluding hydrogens is 350 g/mol. The van der Waals surface area contributed by atoms with Gasteiger partial charge < -0.3 is 0 Å². The van der Waals surface area contributed by atoms with Gasteiger partial charge >= 0.3 is 0 Å². The van der Waals surface area contributed by atoms with Crippen LogP contribution in [-0.4, -0.2) is 4.98 Å². The van der Waals surface area contributed by atoms with Crippen molar-refractivity contribution >= 4 is 10.9 Å². The fourth-order valence-corrected chi connectivity index (χ4v) is 3.78. The molecule has 29 heavy (non-hydrogen) atoms. The average Bonchev–Trinajstić information content (AvgIpc) is 2.79. The normalized spacial score (nSPS) is 10.9. The number of hydrogen-bond donors (Lipinski definition) is 0. The van der Waals surface area contributed by atoms with Gasteiger partial charge in [-0.2, -0.15) is 0 Å². The second-order valence-corrected chi connectivity index (χ2v) is 7.39. The third-order valence-corrected chi connectivity index (χ3v) is 5.34. The molecule has 4 aromatic carbocycles. The molecule has 0 amide bonds. The summed E-state index contributed by atoms with van der Waals surface area (Å²) in [6.45, 7) is 2.12. The predicted molar refractivity (Wildman–Crippen MR) is 123 cm³/mol. The molecule has 0 aliphatic carbocycles. The first kappa shape index (κ1) is 17.4. The van der Waals surface area contributed by atoms with Crippen LogP contribution in [0.15, 0.2) is 109 Å². The number of nitrogens with zero attached hydrogens (tertiary/aromatic N) is 1. The van der Waals surface area contributed by atoms with Crippen LogP contribution in [0.4, 0.5) is 0 Å². The Morgan fingerprint density at radius 2 is 1.21 bits per heavy atom. The lowest BCUT2D eigenvalue weighted by Crippen LogP contribution is -1.90. The van der Waals surface area contributed by atoms with E-state index in [1.54, 1.807) is 0 Å². The summed E-state index contributed by atoms with van der Waals surface area (Å²) >= 11 is 0. The van der Waals surface area contributed by atoms with Gasteiger partial charge in [-0.3, -0.25) is 0 Å². The number of hydrogen-bond acceptors (Lipinski definition) is 1. The smallest absolute Gasteiger partial charge is 0.0716 e. The summed E-state index contributed by atoms with van der Waals surface area (Å²) in [7, 11) is 0. The van der Waals surface area contributed by atoms with Gasteiger partial charge in [0.1, 0.15) is 0 Å². The summed E-state index contributed by atoms with van der Waals surface area (Å²) in [4.78, 5) is 4.98. The van der Waals surface area contributed by atoms with Crippen LogP contribution in [-0.2, 0) is 0 Å². The highest BCUT2D eigenvalue weighted by molar-refractivity contribution is 5.96. The fraction of sp³-hybridized carbons (Fsp3) is 0.0357. The number of pyridine rings is 1. The summed E-state index contributed by atoms with van der Waals surface area (Å²) in [6, 6.07) is 38.4. The minimum absolute atomic E-state index is 0.997. The quantitative estimate of drug-likeness (QED) is 0.319. The summed E-state index contributed by atoms with van der Waals surface area (Å²) in [6.07, 6.45) is 0. The van der Waals surface area contributed by atoms with Crippen molar-refractivity contribution in [3.63, 3.8) is 0 Å². The number of benzene rings is 4. The lowest BCUT2D eigenvalue weighted by atomic mass is 9.96. The van der Waals surface area contributed by atoms with Gasteiger partial charge in [0.2, 0.25) is 0 Å². The Balaban J connectivity index is 1.69. The molecule has 0 unspecified atom stereocenters. The van der Waals surface area contributed by atoms with E-state index in [1.165, 1.54) is 33.2 Å². The number of rotatable bonds is 3. The Bertz CT molecular complexity index is 1290. The zero-order valence-electron chi connectivity index (χ0n) is 16.3. The lowest BCUT2D eigenvalue weighted by Gasteiger charge is -2.12. The van der Waals surface area contributed by atoms with Crippen LogP contribution in [0.3, 0.4) is 0 Å². The summed E-state index contributed by atoms with van der Waals surface area (Å²) in [5.74, 6) is 0. The molecule has 0 aliphatic heterocycles. The van der Waals surface area contributed by atoms with Gasteiger partial charge in [-0.05, 0) is 47.4 Å². The maximum absolute atomic E-state index is 4.98. The van der Waals surface area contributed by atoms with Crippen LogP contribution in [0.1, 0.15) is 5.56 Å². The molecule has 0 spiro atoms. The summed E-state index contributed by atoms with van der Waals surface area (Å²) in [5.41, 5.74) is 9.27. The second-order valence-electron chi connectivity index (χ2n) is 7.39. The van der Waals surface area contributed by atoms with Crippen LogP contribution in [0.25, 0.3) is 44.4 Å². The Morgan fingerprint density at radius 1 is 0.517 bits per heavy atom. The van der Waals surface area contributed by atoms with E-state index < -0.39 is 0 Å². The average molecular weight is 371 g/mol. The molecule has 1 heteroatoms. The number of aryl methyl sites for hydroxylation is 1. The van der Waals surface area contributed by atoms with Crippen LogP contribution >= 0.6 is 0 Å². The zero-order chi connectivity index (χ0) is 19.6. The van der Waals surface area contributed by atoms with Crippen LogP contribution in [0, 0.1) is 6.92 Å². The van der Waals surface area contributed by atoms with Gasteiger partial charge in [0, 0.05) is 10.9 Å². The number of aromatic nitrogens is 1. The van der Waals surface area contributed by atoms with E-state index in [9.17, 15) is 0 Å². The fourth-order valence-electron chi connectivity index (χ4n) is 3.78. The molecule has 1 nitrogen and oxygen atoms in total. The maximum Gasteiger partial charge on any atom is 0.0716 e. The van der Waals surface area contributed by atoms with E-state index in [1.807, 2.05) is 6.07 Å². The van der Waals surface area contributed by atoms with Crippen molar-refractivity contribution in [2.45, 2.75) is 6.92 Å². The Kier molecular flexibility index (Phi) is 4.42. The van der Waals surface area contributed by atoms with Gasteiger partial charge in [0.05, 0.1) is 11.2 Å². The molecule has 0 saturated carbocycles. The molecule has 0 fully saturated rings. The molecule has 0 bridgehead atoms. The Morgan fingerprint density at radius 3 is 2.03 bits per heavy atom. The third kappa shape index (κ3) is 3.43. The summed E-state index contributed by atoms with van der Waals surface area (Å²) in [5, 5.41) is 1.18. The molecule has 1 aromatic heterocycles. The van der Waals surface area contributed by atoms with Crippen molar-refractivity contribution in [2.24, 2.45) is 0 Å². The molecule has 5 rings (SSSR count). The molecule has 0 aliphatic rings. The van der Waals surface area contributed by atoms with E-state index in [0.717, 1.165) is 16.8 Å². The first-order valence-electron chi connectivity index (χ1n) is 9.91. The molecule has 0 radical (unpaired) electrons. The van der Waals surface area contributed by atoms with Gasteiger partial charge in [-0.1, -0.05) is 96.6 Å². The van der Waals surface area contributed by atoms with Crippen molar-refractivity contribution < 1.29 is 0 Å². The standard InChI is InChI=1S/C28H21N/c1-20-14-16-22(17-15-20)26-19-28(29-27-13-6-5-12-25(26)27)24-11-7-10-23(18-24)21-8-3-2-4-9-21/h2-19H,1H3. The van der Waals surface area contributed by atoms with Gasteiger partial charge in [-0.25, -0.2) is 4.98 Å². The molecule has 5 aromatic rings. The van der Waals surface area contributed by atoms with Gasteiger partial charge in [0.25, 0.3) is 0 Å². The van der Waals surface area contributed by atoms with E-state index in [2.05, 4.69) is 110 Å². The van der Waals surface area contributed by atoms with E-state index in [0.29, 0.717) is 0 Å². The number of para-hydroxylation sites is 1. The van der Waals surface area contributed by atoms with Gasteiger partial charge in [-0.15, -0.1) is 0 Å². The zero-order valence-corrected chi connectivity index (χ0v) is 16.3. The van der Waals surface area contributed by atoms with E-state index in [4.69, 9.17) is 4.98 Å². The van der Waals surface area contributed by atoms with Crippen molar-refractivity contribution in [1.82, 2.24) is 4.98 Å². The maximum atomic E-state index is 4.98. The Hall–Kier alpha value is -3.71. The minimum atomic E-state index is 0.997. The molecule has 1 heterocycles. The van der Waals surface area contributed by atoms with Crippen molar-refractivity contribution in [3.8, 4) is 33.5 Å². The highest BCUT2D eigenvalue weighted by Gasteiger charge is 2.10. The first-order valence-corrected chi connectivity index (χ1v) is 9.91. The minimum Gasteiger partial charge on any atom is -0.248 e. The van der Waals surface area contributed by atoms with Crippen LogP contribution in [0.5, 0.6) is 0 Å². The topological polar surface area (TPSA) is 12.9 Å². The van der Waals surface area contributed by atoms with Crippen molar-refractivity contribution in [2.75, 3.05) is 0 Å².